The molecule has 2 aromatic rings. The lowest BCUT2D eigenvalue weighted by Gasteiger charge is -2.19. The van der Waals surface area contributed by atoms with Crippen LogP contribution in [0, 0.1) is 0 Å². The van der Waals surface area contributed by atoms with Gasteiger partial charge in [0, 0.05) is 26.3 Å². The molecule has 1 saturated heterocycles. The van der Waals surface area contributed by atoms with E-state index in [0.29, 0.717) is 29.7 Å². The van der Waals surface area contributed by atoms with Crippen molar-refractivity contribution in [1.82, 2.24) is 9.88 Å². The van der Waals surface area contributed by atoms with Gasteiger partial charge in [-0.25, -0.2) is 4.98 Å². The number of likely N-dealkylation sites (N-methyl/N-ethyl adjacent to an activating group) is 1. The largest absolute Gasteiger partial charge is 0.484 e. The molecule has 0 spiro atoms. The Kier molecular flexibility index (Phi) is 4.66. The Morgan fingerprint density at radius 1 is 1.35 bits per heavy atom. The molecule has 0 saturated carbocycles. The van der Waals surface area contributed by atoms with Gasteiger partial charge in [-0.05, 0) is 25.0 Å². The molecule has 2 aliphatic rings. The summed E-state index contributed by atoms with van der Waals surface area (Å²) >= 11 is 0. The molecule has 0 radical (unpaired) electrons. The highest BCUT2D eigenvalue weighted by atomic mass is 16.7. The van der Waals surface area contributed by atoms with Crippen molar-refractivity contribution in [1.29, 1.82) is 0 Å². The van der Waals surface area contributed by atoms with Gasteiger partial charge in [-0.1, -0.05) is 0 Å². The molecule has 8 nitrogen and oxygen atoms in total. The minimum Gasteiger partial charge on any atom is -0.484 e. The highest BCUT2D eigenvalue weighted by Gasteiger charge is 2.23. The fraction of sp³-hybridized carbons (Fsp3) is 0.444. The average Bonchev–Trinajstić information content (AvgIpc) is 3.40. The molecule has 1 amide bonds. The van der Waals surface area contributed by atoms with Gasteiger partial charge in [0.2, 0.25) is 12.7 Å². The summed E-state index contributed by atoms with van der Waals surface area (Å²) in [6.07, 6.45) is 3.47. The highest BCUT2D eigenvalue weighted by Crippen LogP contribution is 2.35. The van der Waals surface area contributed by atoms with Gasteiger partial charge in [0.25, 0.3) is 5.91 Å². The van der Waals surface area contributed by atoms with Crippen LogP contribution in [0.4, 0.5) is 0 Å². The first-order valence-electron chi connectivity index (χ1n) is 8.53. The summed E-state index contributed by atoms with van der Waals surface area (Å²) in [5.41, 5.74) is 0.259. The van der Waals surface area contributed by atoms with Gasteiger partial charge in [-0.3, -0.25) is 4.79 Å². The topological polar surface area (TPSA) is 83.3 Å². The van der Waals surface area contributed by atoms with E-state index < -0.39 is 0 Å². The molecule has 1 atom stereocenters. The van der Waals surface area contributed by atoms with Gasteiger partial charge in [-0.15, -0.1) is 0 Å². The van der Waals surface area contributed by atoms with Crippen molar-refractivity contribution in [3.05, 3.63) is 36.0 Å². The molecule has 3 heterocycles. The number of aromatic nitrogens is 1. The summed E-state index contributed by atoms with van der Waals surface area (Å²) < 4.78 is 27.1. The number of oxazole rings is 1. The molecule has 138 valence electrons. The van der Waals surface area contributed by atoms with Crippen LogP contribution in [-0.2, 0) is 11.3 Å². The lowest BCUT2D eigenvalue weighted by molar-refractivity contribution is 0.0582. The van der Waals surface area contributed by atoms with Gasteiger partial charge < -0.3 is 28.3 Å². The minimum absolute atomic E-state index is 0.102. The second-order valence-electron chi connectivity index (χ2n) is 6.25. The maximum absolute atomic E-state index is 12.4. The lowest BCUT2D eigenvalue weighted by atomic mass is 10.2. The zero-order chi connectivity index (χ0) is 17.9. The van der Waals surface area contributed by atoms with Crippen LogP contribution >= 0.6 is 0 Å². The second kappa shape index (κ2) is 7.25. The fourth-order valence-corrected chi connectivity index (χ4v) is 2.96. The van der Waals surface area contributed by atoms with Crippen LogP contribution in [0.15, 0.2) is 28.9 Å². The number of hydrogen-bond donors (Lipinski definition) is 0. The SMILES string of the molecule is CN(C[C@H]1CCCO1)C(=O)c1coc(COc2ccc3c(c2)OCO3)n1. The number of benzene rings is 1. The standard InChI is InChI=1S/C18H20N2O6/c1-20(8-13-3-2-6-22-13)18(21)14-9-24-17(19-14)10-23-12-4-5-15-16(7-12)26-11-25-15/h4-5,7,9,13H,2-3,6,8,10-11H2,1H3/t13-/m1/s1. The molecule has 4 rings (SSSR count). The summed E-state index contributed by atoms with van der Waals surface area (Å²) in [5.74, 6) is 2.07. The molecule has 1 aromatic carbocycles. The number of ether oxygens (including phenoxy) is 4. The number of nitrogens with zero attached hydrogens (tertiary/aromatic N) is 2. The predicted octanol–water partition coefficient (Wildman–Crippen LogP) is 2.23. The minimum atomic E-state index is -0.196. The smallest absolute Gasteiger partial charge is 0.275 e. The van der Waals surface area contributed by atoms with Crippen molar-refractivity contribution in [3.63, 3.8) is 0 Å². The van der Waals surface area contributed by atoms with Crippen molar-refractivity contribution in [2.75, 3.05) is 27.0 Å². The normalized spacial score (nSPS) is 18.1. The molecular formula is C18H20N2O6. The summed E-state index contributed by atoms with van der Waals surface area (Å²) in [4.78, 5) is 18.2. The molecular weight excluding hydrogens is 340 g/mol. The Hall–Kier alpha value is -2.74. The molecule has 1 aromatic heterocycles. The van der Waals surface area contributed by atoms with E-state index in [-0.39, 0.29) is 31.1 Å². The number of carbonyl (C=O) groups excluding carboxylic acids is 1. The third-order valence-electron chi connectivity index (χ3n) is 4.33. The van der Waals surface area contributed by atoms with Crippen LogP contribution in [-0.4, -0.2) is 48.9 Å². The highest BCUT2D eigenvalue weighted by molar-refractivity contribution is 5.91. The van der Waals surface area contributed by atoms with E-state index in [2.05, 4.69) is 4.98 Å². The molecule has 1 fully saturated rings. The third kappa shape index (κ3) is 3.60. The Morgan fingerprint density at radius 3 is 3.08 bits per heavy atom. The maximum Gasteiger partial charge on any atom is 0.275 e. The summed E-state index contributed by atoms with van der Waals surface area (Å²) in [6.45, 7) is 1.64. The summed E-state index contributed by atoms with van der Waals surface area (Å²) in [7, 11) is 1.74. The number of amides is 1. The van der Waals surface area contributed by atoms with Crippen LogP contribution in [0.1, 0.15) is 29.2 Å². The fourth-order valence-electron chi connectivity index (χ4n) is 2.96. The van der Waals surface area contributed by atoms with Crippen molar-refractivity contribution < 1.29 is 28.2 Å². The van der Waals surface area contributed by atoms with Gasteiger partial charge in [-0.2, -0.15) is 0 Å². The van der Waals surface area contributed by atoms with Gasteiger partial charge in [0.15, 0.2) is 23.8 Å². The zero-order valence-electron chi connectivity index (χ0n) is 14.5. The Labute approximate surface area is 150 Å². The van der Waals surface area contributed by atoms with Crippen molar-refractivity contribution in [2.45, 2.75) is 25.6 Å². The Morgan fingerprint density at radius 2 is 2.23 bits per heavy atom. The first-order chi connectivity index (χ1) is 12.7. The quantitative estimate of drug-likeness (QED) is 0.781. The van der Waals surface area contributed by atoms with E-state index in [1.165, 1.54) is 6.26 Å². The predicted molar refractivity (Wildman–Crippen MR) is 89.3 cm³/mol. The lowest BCUT2D eigenvalue weighted by Crippen LogP contribution is -2.34. The molecule has 0 aliphatic carbocycles. The van der Waals surface area contributed by atoms with E-state index in [1.807, 2.05) is 0 Å². The summed E-state index contributed by atoms with van der Waals surface area (Å²) in [5, 5.41) is 0. The maximum atomic E-state index is 12.4. The van der Waals surface area contributed by atoms with Crippen LogP contribution in [0.2, 0.25) is 0 Å². The summed E-state index contributed by atoms with van der Waals surface area (Å²) in [6, 6.07) is 5.30. The van der Waals surface area contributed by atoms with Gasteiger partial charge >= 0.3 is 0 Å². The first kappa shape index (κ1) is 16.7. The van der Waals surface area contributed by atoms with E-state index in [0.717, 1.165) is 19.4 Å². The van der Waals surface area contributed by atoms with E-state index in [9.17, 15) is 4.79 Å². The monoisotopic (exact) mass is 360 g/mol. The average molecular weight is 360 g/mol. The zero-order valence-corrected chi connectivity index (χ0v) is 14.5. The molecule has 0 bridgehead atoms. The van der Waals surface area contributed by atoms with Crippen LogP contribution in [0.25, 0.3) is 0 Å². The molecule has 0 unspecified atom stereocenters. The number of hydrogen-bond acceptors (Lipinski definition) is 7. The van der Waals surface area contributed by atoms with Gasteiger partial charge in [0.05, 0.1) is 6.10 Å². The van der Waals surface area contributed by atoms with E-state index in [1.54, 1.807) is 30.1 Å². The van der Waals surface area contributed by atoms with Crippen LogP contribution < -0.4 is 14.2 Å². The van der Waals surface area contributed by atoms with Crippen LogP contribution in [0.3, 0.4) is 0 Å². The van der Waals surface area contributed by atoms with Gasteiger partial charge in [0.1, 0.15) is 12.0 Å². The third-order valence-corrected chi connectivity index (χ3v) is 4.33. The van der Waals surface area contributed by atoms with E-state index >= 15 is 0 Å². The molecule has 26 heavy (non-hydrogen) atoms. The molecule has 2 aliphatic heterocycles. The molecule has 8 heteroatoms. The molecule has 0 N–H and O–H groups in total. The van der Waals surface area contributed by atoms with E-state index in [4.69, 9.17) is 23.4 Å². The second-order valence-corrected chi connectivity index (χ2v) is 6.25. The van der Waals surface area contributed by atoms with Crippen LogP contribution in [0.5, 0.6) is 17.2 Å². The van der Waals surface area contributed by atoms with Crippen molar-refractivity contribution in [3.8, 4) is 17.2 Å². The first-order valence-corrected chi connectivity index (χ1v) is 8.53. The Bertz CT molecular complexity index is 784. The van der Waals surface area contributed by atoms with Crippen molar-refractivity contribution >= 4 is 5.91 Å². The Balaban J connectivity index is 1.33. The number of rotatable bonds is 6. The van der Waals surface area contributed by atoms with Crippen molar-refractivity contribution in [2.24, 2.45) is 0 Å². The number of carbonyl (C=O) groups is 1. The number of fused-ring (bicyclic) bond motifs is 1.